The Hall–Kier alpha value is -2.03. The molecule has 2 heterocycles. The van der Waals surface area contributed by atoms with Crippen molar-refractivity contribution in [2.75, 3.05) is 7.11 Å². The SMILES string of the molecule is CO[C@@H]1O[C@H](C(OC(=O)c2ccccc2)c2ccc(Cl)c(F)c2)[C@H]2OC(C)(C)O[C@@H]12. The van der Waals surface area contributed by atoms with Crippen molar-refractivity contribution in [2.24, 2.45) is 0 Å². The number of halogens is 2. The number of carbonyl (C=O) groups excluding carboxylic acids is 1. The van der Waals surface area contributed by atoms with Crippen LogP contribution in [-0.4, -0.2) is 43.5 Å². The van der Waals surface area contributed by atoms with E-state index in [0.717, 1.165) is 0 Å². The highest BCUT2D eigenvalue weighted by atomic mass is 35.5. The summed E-state index contributed by atoms with van der Waals surface area (Å²) in [7, 11) is 1.49. The van der Waals surface area contributed by atoms with Crippen LogP contribution in [0.25, 0.3) is 0 Å². The van der Waals surface area contributed by atoms with E-state index in [1.54, 1.807) is 50.2 Å². The first kappa shape index (κ1) is 21.2. The topological polar surface area (TPSA) is 63.2 Å². The van der Waals surface area contributed by atoms with Gasteiger partial charge in [-0.2, -0.15) is 0 Å². The fraction of sp³-hybridized carbons (Fsp3) is 0.409. The Morgan fingerprint density at radius 1 is 1.13 bits per heavy atom. The molecule has 2 aromatic carbocycles. The lowest BCUT2D eigenvalue weighted by atomic mass is 9.98. The van der Waals surface area contributed by atoms with Crippen molar-refractivity contribution in [2.45, 2.75) is 50.3 Å². The zero-order valence-electron chi connectivity index (χ0n) is 16.7. The zero-order valence-corrected chi connectivity index (χ0v) is 17.5. The zero-order chi connectivity index (χ0) is 21.5. The summed E-state index contributed by atoms with van der Waals surface area (Å²) in [6.45, 7) is 3.56. The van der Waals surface area contributed by atoms with Crippen molar-refractivity contribution in [1.29, 1.82) is 0 Å². The van der Waals surface area contributed by atoms with E-state index < -0.39 is 48.3 Å². The number of carbonyl (C=O) groups is 1. The molecule has 4 rings (SSSR count). The smallest absolute Gasteiger partial charge is 0.338 e. The Morgan fingerprint density at radius 2 is 1.83 bits per heavy atom. The average Bonchev–Trinajstić information content (AvgIpc) is 3.21. The quantitative estimate of drug-likeness (QED) is 0.652. The predicted octanol–water partition coefficient (Wildman–Crippen LogP) is 4.27. The lowest BCUT2D eigenvalue weighted by molar-refractivity contribution is -0.237. The monoisotopic (exact) mass is 436 g/mol. The Kier molecular flexibility index (Phi) is 5.83. The fourth-order valence-corrected chi connectivity index (χ4v) is 3.91. The van der Waals surface area contributed by atoms with E-state index in [1.807, 2.05) is 0 Å². The molecule has 6 nitrogen and oxygen atoms in total. The molecule has 0 aromatic heterocycles. The molecule has 0 saturated carbocycles. The molecule has 0 N–H and O–H groups in total. The van der Waals surface area contributed by atoms with E-state index in [9.17, 15) is 9.18 Å². The van der Waals surface area contributed by atoms with Gasteiger partial charge in [-0.25, -0.2) is 9.18 Å². The Bertz CT molecular complexity index is 921. The van der Waals surface area contributed by atoms with Crippen LogP contribution in [0.4, 0.5) is 4.39 Å². The molecular formula is C22H22ClFO6. The van der Waals surface area contributed by atoms with Crippen molar-refractivity contribution in [3.8, 4) is 0 Å². The first-order valence-electron chi connectivity index (χ1n) is 9.54. The third-order valence-electron chi connectivity index (χ3n) is 5.09. The summed E-state index contributed by atoms with van der Waals surface area (Å²) in [6, 6.07) is 12.7. The fourth-order valence-electron chi connectivity index (χ4n) is 3.80. The van der Waals surface area contributed by atoms with Crippen LogP contribution < -0.4 is 0 Å². The number of methoxy groups -OCH3 is 1. The second kappa shape index (κ2) is 8.24. The van der Waals surface area contributed by atoms with E-state index in [4.69, 9.17) is 35.3 Å². The van der Waals surface area contributed by atoms with Gasteiger partial charge >= 0.3 is 5.97 Å². The summed E-state index contributed by atoms with van der Waals surface area (Å²) in [5.74, 6) is -2.07. The van der Waals surface area contributed by atoms with E-state index in [2.05, 4.69) is 0 Å². The van der Waals surface area contributed by atoms with E-state index in [-0.39, 0.29) is 5.02 Å². The average molecular weight is 437 g/mol. The lowest BCUT2D eigenvalue weighted by Crippen LogP contribution is -2.36. The van der Waals surface area contributed by atoms with Gasteiger partial charge in [0, 0.05) is 7.11 Å². The lowest BCUT2D eigenvalue weighted by Gasteiger charge is -2.29. The molecule has 0 aliphatic carbocycles. The van der Waals surface area contributed by atoms with Gasteiger partial charge in [-0.3, -0.25) is 0 Å². The molecule has 2 aliphatic rings. The standard InChI is InChI=1S/C22H22ClFO6/c1-22(2)29-18-17(28-21(26-3)19(18)30-22)16(13-9-10-14(23)15(24)11-13)27-20(25)12-7-5-4-6-8-12/h4-11,16-19,21H,1-3H3/t16?,17-,18-,19-,21-/m1/s1. The highest BCUT2D eigenvalue weighted by Crippen LogP contribution is 2.44. The van der Waals surface area contributed by atoms with Crippen LogP contribution >= 0.6 is 11.6 Å². The van der Waals surface area contributed by atoms with Gasteiger partial charge in [0.25, 0.3) is 0 Å². The van der Waals surface area contributed by atoms with Crippen molar-refractivity contribution in [3.63, 3.8) is 0 Å². The molecule has 2 saturated heterocycles. The van der Waals surface area contributed by atoms with Crippen molar-refractivity contribution in [3.05, 3.63) is 70.5 Å². The van der Waals surface area contributed by atoms with Gasteiger partial charge in [-0.1, -0.05) is 35.9 Å². The summed E-state index contributed by atoms with van der Waals surface area (Å²) >= 11 is 5.84. The Balaban J connectivity index is 1.69. The summed E-state index contributed by atoms with van der Waals surface area (Å²) < 4.78 is 43.4. The van der Waals surface area contributed by atoms with Crippen molar-refractivity contribution >= 4 is 17.6 Å². The molecule has 5 atom stereocenters. The van der Waals surface area contributed by atoms with Gasteiger partial charge in [0.15, 0.2) is 18.2 Å². The Labute approximate surface area is 178 Å². The molecule has 0 bridgehead atoms. The van der Waals surface area contributed by atoms with Crippen LogP contribution in [0.15, 0.2) is 48.5 Å². The number of benzene rings is 2. The first-order valence-corrected chi connectivity index (χ1v) is 9.92. The minimum Gasteiger partial charge on any atom is -0.451 e. The Morgan fingerprint density at radius 3 is 2.50 bits per heavy atom. The number of esters is 1. The molecule has 0 amide bonds. The highest BCUT2D eigenvalue weighted by Gasteiger charge is 2.58. The first-order chi connectivity index (χ1) is 14.3. The van der Waals surface area contributed by atoms with Crippen LogP contribution in [-0.2, 0) is 23.7 Å². The second-order valence-electron chi connectivity index (χ2n) is 7.64. The number of hydrogen-bond donors (Lipinski definition) is 0. The van der Waals surface area contributed by atoms with Gasteiger partial charge in [-0.15, -0.1) is 0 Å². The molecule has 2 fully saturated rings. The summed E-state index contributed by atoms with van der Waals surface area (Å²) in [4.78, 5) is 12.8. The molecule has 2 aromatic rings. The maximum absolute atomic E-state index is 14.2. The minimum atomic E-state index is -0.977. The van der Waals surface area contributed by atoms with Crippen LogP contribution in [0, 0.1) is 5.82 Å². The maximum Gasteiger partial charge on any atom is 0.338 e. The second-order valence-corrected chi connectivity index (χ2v) is 8.04. The normalized spacial score (nSPS) is 28.2. The molecular weight excluding hydrogens is 415 g/mol. The van der Waals surface area contributed by atoms with E-state index in [1.165, 1.54) is 19.2 Å². The predicted molar refractivity (Wildman–Crippen MR) is 106 cm³/mol. The van der Waals surface area contributed by atoms with Crippen molar-refractivity contribution < 1.29 is 32.9 Å². The molecule has 2 aliphatic heterocycles. The molecule has 160 valence electrons. The van der Waals surface area contributed by atoms with Gasteiger partial charge in [0.05, 0.1) is 10.6 Å². The van der Waals surface area contributed by atoms with Gasteiger partial charge < -0.3 is 23.7 Å². The third-order valence-corrected chi connectivity index (χ3v) is 5.40. The largest absolute Gasteiger partial charge is 0.451 e. The summed E-state index contributed by atoms with van der Waals surface area (Å²) in [5, 5.41) is -0.0338. The number of ether oxygens (including phenoxy) is 5. The summed E-state index contributed by atoms with van der Waals surface area (Å²) in [6.07, 6.45) is -3.59. The van der Waals surface area contributed by atoms with E-state index in [0.29, 0.717) is 11.1 Å². The van der Waals surface area contributed by atoms with Gasteiger partial charge in [-0.05, 0) is 43.7 Å². The molecule has 8 heteroatoms. The van der Waals surface area contributed by atoms with Crippen LogP contribution in [0.1, 0.15) is 35.9 Å². The molecule has 0 spiro atoms. The number of fused-ring (bicyclic) bond motifs is 1. The number of rotatable bonds is 5. The van der Waals surface area contributed by atoms with Crippen LogP contribution in [0.2, 0.25) is 5.02 Å². The highest BCUT2D eigenvalue weighted by molar-refractivity contribution is 6.30. The van der Waals surface area contributed by atoms with Gasteiger partial charge in [0.2, 0.25) is 0 Å². The molecule has 1 unspecified atom stereocenters. The third kappa shape index (κ3) is 4.08. The molecule has 30 heavy (non-hydrogen) atoms. The van der Waals surface area contributed by atoms with E-state index >= 15 is 0 Å². The summed E-state index contributed by atoms with van der Waals surface area (Å²) in [5.41, 5.74) is 0.744. The minimum absolute atomic E-state index is 0.0338. The van der Waals surface area contributed by atoms with Crippen molar-refractivity contribution in [1.82, 2.24) is 0 Å². The maximum atomic E-state index is 14.2. The van der Waals surface area contributed by atoms with Crippen LogP contribution in [0.5, 0.6) is 0 Å². The molecule has 0 radical (unpaired) electrons. The number of hydrogen-bond acceptors (Lipinski definition) is 6. The van der Waals surface area contributed by atoms with Gasteiger partial charge in [0.1, 0.15) is 24.1 Å². The van der Waals surface area contributed by atoms with Crippen LogP contribution in [0.3, 0.4) is 0 Å².